The van der Waals surface area contributed by atoms with E-state index in [9.17, 15) is 9.90 Å². The lowest BCUT2D eigenvalue weighted by Gasteiger charge is -2.26. The molecule has 1 aromatic carbocycles. The Balaban J connectivity index is 2.67. The highest BCUT2D eigenvalue weighted by Crippen LogP contribution is 2.37. The summed E-state index contributed by atoms with van der Waals surface area (Å²) in [6.07, 6.45) is 2.50. The van der Waals surface area contributed by atoms with Crippen LogP contribution in [-0.2, 0) is 4.79 Å². The van der Waals surface area contributed by atoms with Crippen LogP contribution in [0.1, 0.15) is 39.5 Å². The average molecular weight is 310 g/mol. The Morgan fingerprint density at radius 3 is 2.09 bits per heavy atom. The van der Waals surface area contributed by atoms with Crippen LogP contribution in [0.5, 0.6) is 17.2 Å². The van der Waals surface area contributed by atoms with Crippen LogP contribution in [0.2, 0.25) is 0 Å². The van der Waals surface area contributed by atoms with Gasteiger partial charge in [-0.3, -0.25) is 4.79 Å². The quantitative estimate of drug-likeness (QED) is 0.667. The van der Waals surface area contributed by atoms with Crippen molar-refractivity contribution in [2.75, 3.05) is 20.8 Å². The van der Waals surface area contributed by atoms with E-state index in [2.05, 4.69) is 0 Å². The molecule has 0 aliphatic carbocycles. The van der Waals surface area contributed by atoms with E-state index in [-0.39, 0.29) is 0 Å². The molecule has 1 rings (SSSR count). The number of hydrogen-bond donors (Lipinski definition) is 1. The van der Waals surface area contributed by atoms with E-state index < -0.39 is 11.4 Å². The number of benzene rings is 1. The first kappa shape index (κ1) is 18.1. The predicted octanol–water partition coefficient (Wildman–Crippen LogP) is 3.75. The molecule has 0 amide bonds. The molecule has 0 saturated heterocycles. The lowest BCUT2D eigenvalue weighted by Crippen LogP contribution is -2.30. The molecule has 0 heterocycles. The van der Waals surface area contributed by atoms with Gasteiger partial charge in [0.05, 0.1) is 26.2 Å². The number of carbonyl (C=O) groups is 1. The van der Waals surface area contributed by atoms with Gasteiger partial charge >= 0.3 is 5.97 Å². The van der Waals surface area contributed by atoms with Crippen molar-refractivity contribution < 1.29 is 24.1 Å². The van der Waals surface area contributed by atoms with Crippen molar-refractivity contribution in [3.63, 3.8) is 0 Å². The van der Waals surface area contributed by atoms with E-state index in [0.717, 1.165) is 0 Å². The monoisotopic (exact) mass is 310 g/mol. The number of hydrogen-bond acceptors (Lipinski definition) is 4. The van der Waals surface area contributed by atoms with Crippen molar-refractivity contribution in [3.8, 4) is 17.2 Å². The smallest absolute Gasteiger partial charge is 0.309 e. The van der Waals surface area contributed by atoms with Crippen molar-refractivity contribution in [1.82, 2.24) is 0 Å². The maximum Gasteiger partial charge on any atom is 0.309 e. The second-order valence-electron chi connectivity index (χ2n) is 5.24. The summed E-state index contributed by atoms with van der Waals surface area (Å²) in [6, 6.07) is 5.43. The van der Waals surface area contributed by atoms with Gasteiger partial charge in [-0.05, 0) is 37.8 Å². The van der Waals surface area contributed by atoms with Crippen LogP contribution in [0.3, 0.4) is 0 Å². The molecule has 0 fully saturated rings. The van der Waals surface area contributed by atoms with Gasteiger partial charge in [-0.25, -0.2) is 0 Å². The molecule has 0 unspecified atom stereocenters. The minimum absolute atomic E-state index is 0.422. The summed E-state index contributed by atoms with van der Waals surface area (Å²) in [7, 11) is 3.15. The average Bonchev–Trinajstić information content (AvgIpc) is 2.54. The summed E-state index contributed by atoms with van der Waals surface area (Å²) in [5.74, 6) is 1.04. The van der Waals surface area contributed by atoms with Gasteiger partial charge in [-0.15, -0.1) is 0 Å². The van der Waals surface area contributed by atoms with Gasteiger partial charge in [0.2, 0.25) is 5.75 Å². The van der Waals surface area contributed by atoms with E-state index in [1.54, 1.807) is 26.4 Å². The topological polar surface area (TPSA) is 65.0 Å². The Morgan fingerprint density at radius 2 is 1.68 bits per heavy atom. The molecular weight excluding hydrogens is 284 g/mol. The highest BCUT2D eigenvalue weighted by atomic mass is 16.5. The minimum Gasteiger partial charge on any atom is -0.493 e. The summed E-state index contributed by atoms with van der Waals surface area (Å²) < 4.78 is 16.3. The molecule has 0 bridgehead atoms. The van der Waals surface area contributed by atoms with Crippen molar-refractivity contribution in [1.29, 1.82) is 0 Å². The molecule has 0 saturated carbocycles. The van der Waals surface area contributed by atoms with Crippen LogP contribution in [0.15, 0.2) is 18.2 Å². The number of para-hydroxylation sites is 1. The molecule has 124 valence electrons. The van der Waals surface area contributed by atoms with Crippen molar-refractivity contribution >= 4 is 5.97 Å². The lowest BCUT2D eigenvalue weighted by atomic mass is 9.78. The molecule has 5 heteroatoms. The highest BCUT2D eigenvalue weighted by Gasteiger charge is 2.34. The standard InChI is InChI=1S/C17H26O5/c1-5-17(6-2,16(18)19)11-8-12-22-15-13(20-3)9-7-10-14(15)21-4/h7,9-10H,5-6,8,11-12H2,1-4H3,(H,18,19). The fourth-order valence-electron chi connectivity index (χ4n) is 2.56. The van der Waals surface area contributed by atoms with E-state index in [1.165, 1.54) is 0 Å². The fourth-order valence-corrected chi connectivity index (χ4v) is 2.56. The van der Waals surface area contributed by atoms with Gasteiger partial charge < -0.3 is 19.3 Å². The third-order valence-electron chi connectivity index (χ3n) is 4.24. The first-order valence-electron chi connectivity index (χ1n) is 7.61. The first-order valence-corrected chi connectivity index (χ1v) is 7.61. The zero-order valence-corrected chi connectivity index (χ0v) is 13.8. The van der Waals surface area contributed by atoms with Gasteiger partial charge in [0.25, 0.3) is 0 Å². The Labute approximate surface area is 132 Å². The second-order valence-corrected chi connectivity index (χ2v) is 5.24. The molecule has 1 N–H and O–H groups in total. The van der Waals surface area contributed by atoms with Crippen LogP contribution in [-0.4, -0.2) is 31.9 Å². The van der Waals surface area contributed by atoms with E-state index >= 15 is 0 Å². The van der Waals surface area contributed by atoms with Gasteiger partial charge in [0, 0.05) is 0 Å². The van der Waals surface area contributed by atoms with Crippen LogP contribution >= 0.6 is 0 Å². The zero-order valence-electron chi connectivity index (χ0n) is 13.8. The number of ether oxygens (including phenoxy) is 3. The normalized spacial score (nSPS) is 11.1. The molecule has 0 radical (unpaired) electrons. The van der Waals surface area contributed by atoms with Gasteiger partial charge in [-0.1, -0.05) is 19.9 Å². The molecule has 0 aliphatic rings. The van der Waals surface area contributed by atoms with Gasteiger partial charge in [-0.2, -0.15) is 0 Å². The van der Waals surface area contributed by atoms with Crippen molar-refractivity contribution in [3.05, 3.63) is 18.2 Å². The van der Waals surface area contributed by atoms with Crippen molar-refractivity contribution in [2.24, 2.45) is 5.41 Å². The maximum absolute atomic E-state index is 11.5. The second kappa shape index (κ2) is 8.51. The Morgan fingerprint density at radius 1 is 1.14 bits per heavy atom. The summed E-state index contributed by atoms with van der Waals surface area (Å²) in [5.41, 5.74) is -0.659. The van der Waals surface area contributed by atoms with Gasteiger partial charge in [0.15, 0.2) is 11.5 Å². The number of carboxylic acids is 1. The Kier molecular flexibility index (Phi) is 7.02. The SMILES string of the molecule is CCC(CC)(CCCOc1c(OC)cccc1OC)C(=O)O. The Bertz CT molecular complexity index is 458. The maximum atomic E-state index is 11.5. The summed E-state index contributed by atoms with van der Waals surface area (Å²) in [6.45, 7) is 4.26. The Hall–Kier alpha value is -1.91. The predicted molar refractivity (Wildman–Crippen MR) is 84.9 cm³/mol. The molecule has 22 heavy (non-hydrogen) atoms. The van der Waals surface area contributed by atoms with Crippen molar-refractivity contribution in [2.45, 2.75) is 39.5 Å². The third kappa shape index (κ3) is 4.06. The molecule has 1 aromatic rings. The van der Waals surface area contributed by atoms with Gasteiger partial charge in [0.1, 0.15) is 0 Å². The molecular formula is C17H26O5. The summed E-state index contributed by atoms with van der Waals surface area (Å²) in [5, 5.41) is 9.42. The molecule has 0 atom stereocenters. The van der Waals surface area contributed by atoms with Crippen LogP contribution in [0, 0.1) is 5.41 Å². The number of methoxy groups -OCH3 is 2. The molecule has 0 aromatic heterocycles. The minimum atomic E-state index is -0.729. The molecule has 0 aliphatic heterocycles. The van der Waals surface area contributed by atoms with Crippen LogP contribution in [0.4, 0.5) is 0 Å². The van der Waals surface area contributed by atoms with Crippen LogP contribution < -0.4 is 14.2 Å². The molecule has 0 spiro atoms. The summed E-state index contributed by atoms with van der Waals surface area (Å²) >= 11 is 0. The lowest BCUT2D eigenvalue weighted by molar-refractivity contribution is -0.150. The van der Waals surface area contributed by atoms with Crippen LogP contribution in [0.25, 0.3) is 0 Å². The number of carboxylic acid groups (broad SMARTS) is 1. The largest absolute Gasteiger partial charge is 0.493 e. The van der Waals surface area contributed by atoms with E-state index in [0.29, 0.717) is 49.5 Å². The number of aliphatic carboxylic acids is 1. The first-order chi connectivity index (χ1) is 10.5. The zero-order chi connectivity index (χ0) is 16.6. The van der Waals surface area contributed by atoms with E-state index in [4.69, 9.17) is 14.2 Å². The summed E-state index contributed by atoms with van der Waals surface area (Å²) in [4.78, 5) is 11.5. The third-order valence-corrected chi connectivity index (χ3v) is 4.24. The molecule has 5 nitrogen and oxygen atoms in total. The van der Waals surface area contributed by atoms with E-state index in [1.807, 2.05) is 19.9 Å². The number of rotatable bonds is 10. The fraction of sp³-hybridized carbons (Fsp3) is 0.588. The highest BCUT2D eigenvalue weighted by molar-refractivity contribution is 5.74.